The molecule has 0 saturated heterocycles. The van der Waals surface area contributed by atoms with Gasteiger partial charge in [-0.3, -0.25) is 0 Å². The maximum atomic E-state index is 10.8. The van der Waals surface area contributed by atoms with Gasteiger partial charge in [-0.15, -0.1) is 6.42 Å². The molecule has 2 nitrogen and oxygen atoms in total. The van der Waals surface area contributed by atoms with Gasteiger partial charge in [-0.2, -0.15) is 0 Å². The van der Waals surface area contributed by atoms with Crippen LogP contribution < -0.4 is 4.74 Å². The summed E-state index contributed by atoms with van der Waals surface area (Å²) in [5.41, 5.74) is 2.50. The first-order chi connectivity index (χ1) is 16.4. The van der Waals surface area contributed by atoms with E-state index in [1.807, 2.05) is 6.07 Å². The van der Waals surface area contributed by atoms with Gasteiger partial charge < -0.3 is 9.84 Å². The summed E-state index contributed by atoms with van der Waals surface area (Å²) in [5.74, 6) is 39.4. The second kappa shape index (κ2) is 11.1. The number of ether oxygens (including phenoxy) is 1. The van der Waals surface area contributed by atoms with Crippen LogP contribution in [-0.4, -0.2) is 10.7 Å². The van der Waals surface area contributed by atoms with Gasteiger partial charge in [0.2, 0.25) is 0 Å². The van der Waals surface area contributed by atoms with Crippen molar-refractivity contribution in [3.05, 3.63) is 34.9 Å². The highest BCUT2D eigenvalue weighted by atomic mass is 16.5. The minimum Gasteiger partial charge on any atom is -0.507 e. The zero-order valence-corrected chi connectivity index (χ0v) is 19.2. The van der Waals surface area contributed by atoms with E-state index in [2.05, 4.69) is 116 Å². The zero-order chi connectivity index (χ0) is 24.4. The predicted octanol–water partition coefficient (Wildman–Crippen LogP) is 4.01. The molecule has 0 saturated carbocycles. The number of fused-ring (bicyclic) bond motifs is 3. The van der Waals surface area contributed by atoms with Gasteiger partial charge in [0.25, 0.3) is 0 Å². The van der Waals surface area contributed by atoms with Crippen molar-refractivity contribution in [2.45, 2.75) is 45.1 Å². The lowest BCUT2D eigenvalue weighted by Crippen LogP contribution is -2.45. The Kier molecular flexibility index (Phi) is 7.71. The van der Waals surface area contributed by atoms with E-state index in [0.29, 0.717) is 17.2 Å². The molecule has 1 heterocycles. The molecule has 1 N–H and O–H groups in total. The van der Waals surface area contributed by atoms with Crippen LogP contribution in [0.4, 0.5) is 0 Å². The SMILES string of the molecule is C#CC#CC#CC#CC#CC#CC#CC#Cc1cc(O)c2c(c1)OC(C)(C)C1CCC(C)=CC21. The first-order valence-electron chi connectivity index (χ1n) is 10.6. The van der Waals surface area contributed by atoms with Gasteiger partial charge in [0.1, 0.15) is 17.1 Å². The minimum atomic E-state index is -0.323. The monoisotopic (exact) mass is 436 g/mol. The first kappa shape index (κ1) is 23.7. The van der Waals surface area contributed by atoms with Crippen LogP contribution in [0.5, 0.6) is 11.5 Å². The number of phenolic OH excluding ortho intramolecular Hbond substituents is 1. The third kappa shape index (κ3) is 6.05. The molecule has 1 aromatic carbocycles. The Morgan fingerprint density at radius 1 is 0.882 bits per heavy atom. The van der Waals surface area contributed by atoms with Crippen LogP contribution in [-0.2, 0) is 0 Å². The summed E-state index contributed by atoms with van der Waals surface area (Å²) in [4.78, 5) is 0. The van der Waals surface area contributed by atoms with Gasteiger partial charge in [-0.05, 0) is 129 Å². The number of phenols is 1. The van der Waals surface area contributed by atoms with Gasteiger partial charge in [0.15, 0.2) is 0 Å². The summed E-state index contributed by atoms with van der Waals surface area (Å²) in [5, 5.41) is 10.8. The highest BCUT2D eigenvalue weighted by molar-refractivity contribution is 5.58. The molecule has 1 aliphatic heterocycles. The molecule has 1 aliphatic carbocycles. The van der Waals surface area contributed by atoms with Crippen molar-refractivity contribution in [1.82, 2.24) is 0 Å². The third-order valence-corrected chi connectivity index (χ3v) is 5.50. The molecule has 160 valence electrons. The molecule has 34 heavy (non-hydrogen) atoms. The van der Waals surface area contributed by atoms with Crippen LogP contribution in [0.25, 0.3) is 0 Å². The highest BCUT2D eigenvalue weighted by Gasteiger charge is 2.45. The van der Waals surface area contributed by atoms with Crippen molar-refractivity contribution in [3.8, 4) is 107 Å². The van der Waals surface area contributed by atoms with Crippen molar-refractivity contribution in [2.75, 3.05) is 0 Å². The summed E-state index contributed by atoms with van der Waals surface area (Å²) in [7, 11) is 0. The van der Waals surface area contributed by atoms with Gasteiger partial charge in [0.05, 0.1) is 0 Å². The zero-order valence-electron chi connectivity index (χ0n) is 19.2. The number of allylic oxidation sites excluding steroid dienone is 2. The topological polar surface area (TPSA) is 29.5 Å². The van der Waals surface area contributed by atoms with Crippen LogP contribution in [0.15, 0.2) is 23.8 Å². The maximum absolute atomic E-state index is 10.8. The molecule has 2 unspecified atom stereocenters. The van der Waals surface area contributed by atoms with Crippen molar-refractivity contribution in [3.63, 3.8) is 0 Å². The van der Waals surface area contributed by atoms with Crippen molar-refractivity contribution in [1.29, 1.82) is 0 Å². The maximum Gasteiger partial charge on any atom is 0.128 e. The Labute approximate surface area is 202 Å². The van der Waals surface area contributed by atoms with E-state index >= 15 is 0 Å². The second-order valence-electron chi connectivity index (χ2n) is 8.19. The van der Waals surface area contributed by atoms with Gasteiger partial charge >= 0.3 is 0 Å². The quantitative estimate of drug-likeness (QED) is 0.492. The molecule has 3 rings (SSSR count). The summed E-state index contributed by atoms with van der Waals surface area (Å²) >= 11 is 0. The average Bonchev–Trinajstić information content (AvgIpc) is 2.78. The molecule has 0 aromatic heterocycles. The first-order valence-corrected chi connectivity index (χ1v) is 10.6. The summed E-state index contributed by atoms with van der Waals surface area (Å²) in [6.07, 6.45) is 9.33. The number of hydrogen-bond acceptors (Lipinski definition) is 2. The van der Waals surface area contributed by atoms with E-state index in [4.69, 9.17) is 11.2 Å². The number of hydrogen-bond donors (Lipinski definition) is 1. The van der Waals surface area contributed by atoms with E-state index in [9.17, 15) is 5.11 Å². The Morgan fingerprint density at radius 2 is 1.44 bits per heavy atom. The third-order valence-electron chi connectivity index (χ3n) is 5.50. The number of terminal acetylenes is 1. The Morgan fingerprint density at radius 3 is 2.03 bits per heavy atom. The van der Waals surface area contributed by atoms with Crippen LogP contribution in [0.2, 0.25) is 0 Å². The highest BCUT2D eigenvalue weighted by Crippen LogP contribution is 2.53. The molecule has 0 fully saturated rings. The fourth-order valence-electron chi connectivity index (χ4n) is 4.08. The van der Waals surface area contributed by atoms with Crippen LogP contribution >= 0.6 is 0 Å². The molecule has 1 aromatic rings. The van der Waals surface area contributed by atoms with E-state index in [0.717, 1.165) is 18.4 Å². The Balaban J connectivity index is 1.72. The van der Waals surface area contributed by atoms with Crippen LogP contribution in [0.3, 0.4) is 0 Å². The van der Waals surface area contributed by atoms with Crippen molar-refractivity contribution in [2.24, 2.45) is 5.92 Å². The molecular formula is C32H20O2. The fourth-order valence-corrected chi connectivity index (χ4v) is 4.08. The molecule has 0 bridgehead atoms. The summed E-state index contributed by atoms with van der Waals surface area (Å²) in [6, 6.07) is 3.54. The molecule has 2 heteroatoms. The van der Waals surface area contributed by atoms with E-state index < -0.39 is 0 Å². The largest absolute Gasteiger partial charge is 0.507 e. The smallest absolute Gasteiger partial charge is 0.128 e. The normalized spacial score (nSPS) is 17.3. The number of benzene rings is 1. The molecular weight excluding hydrogens is 416 g/mol. The molecule has 0 radical (unpaired) electrons. The molecule has 0 amide bonds. The van der Waals surface area contributed by atoms with E-state index in [-0.39, 0.29) is 17.3 Å². The van der Waals surface area contributed by atoms with E-state index in [1.165, 1.54) is 5.57 Å². The fraction of sp³-hybridized carbons (Fsp3) is 0.250. The lowest BCUT2D eigenvalue weighted by atomic mass is 9.68. The molecule has 2 atom stereocenters. The summed E-state index contributed by atoms with van der Waals surface area (Å²) in [6.45, 7) is 6.36. The predicted molar refractivity (Wildman–Crippen MR) is 134 cm³/mol. The van der Waals surface area contributed by atoms with Gasteiger partial charge in [-0.1, -0.05) is 17.6 Å². The molecule has 2 aliphatic rings. The number of aromatic hydroxyl groups is 1. The van der Waals surface area contributed by atoms with Gasteiger partial charge in [0, 0.05) is 23.0 Å². The van der Waals surface area contributed by atoms with E-state index in [1.54, 1.807) is 6.07 Å². The minimum absolute atomic E-state index is 0.143. The lowest BCUT2D eigenvalue weighted by Gasteiger charge is -2.46. The average molecular weight is 437 g/mol. The van der Waals surface area contributed by atoms with Crippen molar-refractivity contribution >= 4 is 0 Å². The Bertz CT molecular complexity index is 1530. The van der Waals surface area contributed by atoms with Crippen LogP contribution in [0.1, 0.15) is 50.7 Å². The van der Waals surface area contributed by atoms with Gasteiger partial charge in [-0.25, -0.2) is 0 Å². The summed E-state index contributed by atoms with van der Waals surface area (Å²) < 4.78 is 6.31. The Hall–Kier alpha value is -4.96. The van der Waals surface area contributed by atoms with Crippen LogP contribution in [0, 0.1) is 101 Å². The number of rotatable bonds is 0. The lowest BCUT2D eigenvalue weighted by molar-refractivity contribution is 0.0108. The molecule has 0 spiro atoms. The second-order valence-corrected chi connectivity index (χ2v) is 8.19. The van der Waals surface area contributed by atoms with Crippen molar-refractivity contribution < 1.29 is 9.84 Å². The standard InChI is InChI=1S/C32H20O2/c1-5-6-7-8-9-10-11-12-13-14-15-16-17-18-19-26-23-29(33)31-27-22-25(2)20-21-28(27)32(3,4)34-30(31)24-26/h1,22-24,27-28,33H,20-21H2,2-4H3.